The minimum atomic E-state index is -0.357. The minimum Gasteiger partial charge on any atom is -0.373 e. The molecule has 1 aliphatic rings. The monoisotopic (exact) mass is 460 g/mol. The van der Waals surface area contributed by atoms with E-state index in [4.69, 9.17) is 17.6 Å². The lowest BCUT2D eigenvalue weighted by atomic mass is 9.85. The molecule has 2 aromatic heterocycles. The first-order valence-corrected chi connectivity index (χ1v) is 11.2. The molecular weight excluding hydrogens is 437 g/mol. The van der Waals surface area contributed by atoms with Gasteiger partial charge >= 0.3 is 0 Å². The number of hydrogen-bond donors (Lipinski definition) is 2. The smallest absolute Gasteiger partial charge is 0.270 e. The first-order valence-electron chi connectivity index (χ1n) is 10.6. The van der Waals surface area contributed by atoms with Gasteiger partial charge in [0.2, 0.25) is 0 Å². The van der Waals surface area contributed by atoms with Gasteiger partial charge in [-0.3, -0.25) is 4.79 Å². The van der Waals surface area contributed by atoms with Gasteiger partial charge < -0.3 is 19.9 Å². The molecule has 5 rings (SSSR count). The zero-order valence-electron chi connectivity index (χ0n) is 18.6. The van der Waals surface area contributed by atoms with E-state index in [0.717, 1.165) is 33.4 Å². The molecule has 2 N–H and O–H groups in total. The number of likely N-dealkylation sites (N-methyl/N-ethyl adjacent to an activating group) is 1. The Labute approximate surface area is 194 Å². The number of pyridine rings is 1. The van der Waals surface area contributed by atoms with Crippen LogP contribution in [-0.2, 0) is 11.3 Å². The maximum absolute atomic E-state index is 14.0. The number of nitrogens with zero attached hydrogens (tertiary/aromatic N) is 2. The summed E-state index contributed by atoms with van der Waals surface area (Å²) in [6.07, 6.45) is 0. The summed E-state index contributed by atoms with van der Waals surface area (Å²) in [6.45, 7) is 2.65. The van der Waals surface area contributed by atoms with Crippen molar-refractivity contribution in [2.24, 2.45) is 0 Å². The third kappa shape index (κ3) is 3.58. The molecule has 1 amide bonds. The molecule has 2 atom stereocenters. The van der Waals surface area contributed by atoms with Gasteiger partial charge in [-0.2, -0.15) is 0 Å². The molecule has 0 aliphatic carbocycles. The van der Waals surface area contributed by atoms with E-state index in [1.54, 1.807) is 24.1 Å². The van der Waals surface area contributed by atoms with Crippen LogP contribution >= 0.6 is 9.24 Å². The number of halogens is 1. The summed E-state index contributed by atoms with van der Waals surface area (Å²) in [4.78, 5) is 23.0. The Kier molecular flexibility index (Phi) is 5.38. The Morgan fingerprint density at radius 2 is 2.09 bits per heavy atom. The van der Waals surface area contributed by atoms with Crippen molar-refractivity contribution in [3.8, 4) is 0 Å². The first-order chi connectivity index (χ1) is 15.8. The highest BCUT2D eigenvalue weighted by molar-refractivity contribution is 7.27. The van der Waals surface area contributed by atoms with Crippen molar-refractivity contribution < 1.29 is 13.9 Å². The highest BCUT2D eigenvalue weighted by Gasteiger charge is 2.32. The summed E-state index contributed by atoms with van der Waals surface area (Å²) >= 11 is 0. The predicted molar refractivity (Wildman–Crippen MR) is 134 cm³/mol. The second-order valence-electron chi connectivity index (χ2n) is 8.42. The molecule has 0 saturated heterocycles. The average molecular weight is 460 g/mol. The van der Waals surface area contributed by atoms with Gasteiger partial charge in [0.15, 0.2) is 0 Å². The lowest BCUT2D eigenvalue weighted by Gasteiger charge is -2.34. The Morgan fingerprint density at radius 1 is 1.30 bits per heavy atom. The Hall–Kier alpha value is -2.96. The van der Waals surface area contributed by atoms with Gasteiger partial charge in [0.25, 0.3) is 5.91 Å². The first kappa shape index (κ1) is 21.9. The Morgan fingerprint density at radius 3 is 2.85 bits per heavy atom. The number of aromatic amines is 1. The molecule has 2 radical (unpaired) electrons. The van der Waals surface area contributed by atoms with Crippen LogP contribution in [0.15, 0.2) is 30.3 Å². The molecule has 6 nitrogen and oxygen atoms in total. The number of carbonyl (C=O) groups is 1. The van der Waals surface area contributed by atoms with Crippen LogP contribution in [0.3, 0.4) is 0 Å². The molecule has 0 spiro atoms. The molecule has 33 heavy (non-hydrogen) atoms. The fourth-order valence-electron chi connectivity index (χ4n) is 4.50. The van der Waals surface area contributed by atoms with E-state index < -0.39 is 0 Å². The highest BCUT2D eigenvalue weighted by Crippen LogP contribution is 2.37. The number of hydrogen-bond acceptors (Lipinski definition) is 4. The predicted octanol–water partition coefficient (Wildman–Crippen LogP) is 2.84. The molecule has 3 heterocycles. The van der Waals surface area contributed by atoms with E-state index >= 15 is 0 Å². The number of rotatable bonds is 3. The summed E-state index contributed by atoms with van der Waals surface area (Å²) < 4.78 is 19.8. The zero-order valence-corrected chi connectivity index (χ0v) is 19.8. The lowest BCUT2D eigenvalue weighted by Crippen LogP contribution is -2.37. The van der Waals surface area contributed by atoms with Gasteiger partial charge in [-0.05, 0) is 36.6 Å². The quantitative estimate of drug-likeness (QED) is 0.365. The molecule has 0 fully saturated rings. The zero-order chi connectivity index (χ0) is 23.4. The minimum absolute atomic E-state index is 0.218. The number of amides is 1. The van der Waals surface area contributed by atoms with Crippen LogP contribution in [0.4, 0.5) is 10.2 Å². The summed E-state index contributed by atoms with van der Waals surface area (Å²) in [5.41, 5.74) is 4.45. The summed E-state index contributed by atoms with van der Waals surface area (Å²) in [6, 6.07) is 8.39. The van der Waals surface area contributed by atoms with Crippen molar-refractivity contribution in [3.63, 3.8) is 0 Å². The summed E-state index contributed by atoms with van der Waals surface area (Å²) in [7, 11) is 12.2. The summed E-state index contributed by atoms with van der Waals surface area (Å²) in [5.74, 6) is 0.194. The molecule has 166 valence electrons. The molecule has 4 aromatic rings. The number of ether oxygens (including phenoxy) is 1. The van der Waals surface area contributed by atoms with Crippen LogP contribution in [0.5, 0.6) is 0 Å². The van der Waals surface area contributed by atoms with E-state index in [-0.39, 0.29) is 17.8 Å². The maximum Gasteiger partial charge on any atom is 0.270 e. The maximum atomic E-state index is 14.0. The fraction of sp³-hybridized carbons (Fsp3) is 0.250. The molecule has 0 bridgehead atoms. The van der Waals surface area contributed by atoms with Crippen molar-refractivity contribution >= 4 is 61.3 Å². The Balaban J connectivity index is 1.61. The standard InChI is InChI=1S/C24H23BFN4O2P/c1-11-4-14-13(7-15(11)25)22-19(29-23(14)27-2)9-32-10-20(22)30(3)24(31)18-6-12-5-16(26)21(33)8-17(12)28-18/h4-8,20,28H,9-10,33H2,1-3H3,(H,27,29). The number of benzene rings is 2. The van der Waals surface area contributed by atoms with Crippen molar-refractivity contribution in [2.75, 3.05) is 26.0 Å². The van der Waals surface area contributed by atoms with E-state index in [2.05, 4.69) is 19.5 Å². The van der Waals surface area contributed by atoms with E-state index in [0.29, 0.717) is 40.6 Å². The largest absolute Gasteiger partial charge is 0.373 e. The van der Waals surface area contributed by atoms with E-state index in [9.17, 15) is 9.18 Å². The Bertz CT molecular complexity index is 1400. The van der Waals surface area contributed by atoms with Gasteiger partial charge in [0.1, 0.15) is 25.2 Å². The van der Waals surface area contributed by atoms with Crippen LogP contribution in [0, 0.1) is 12.7 Å². The van der Waals surface area contributed by atoms with Gasteiger partial charge in [-0.25, -0.2) is 9.37 Å². The van der Waals surface area contributed by atoms with Crippen LogP contribution < -0.4 is 16.1 Å². The van der Waals surface area contributed by atoms with Gasteiger partial charge in [-0.15, -0.1) is 9.24 Å². The topological polar surface area (TPSA) is 70.2 Å². The van der Waals surface area contributed by atoms with Crippen LogP contribution in [0.25, 0.3) is 21.7 Å². The molecule has 0 saturated carbocycles. The number of fused-ring (bicyclic) bond motifs is 4. The SMILES string of the molecule is [B]c1cc2c3c(nc(NC)c2cc1C)COCC3N(C)C(=O)c1cc2cc(F)c(P)cc2[nH]1. The van der Waals surface area contributed by atoms with Crippen LogP contribution in [0.2, 0.25) is 0 Å². The third-order valence-electron chi connectivity index (χ3n) is 6.35. The van der Waals surface area contributed by atoms with E-state index in [1.807, 2.05) is 26.1 Å². The van der Waals surface area contributed by atoms with Crippen molar-refractivity contribution in [2.45, 2.75) is 19.6 Å². The number of carbonyl (C=O) groups excluding carboxylic acids is 1. The van der Waals surface area contributed by atoms with Gasteiger partial charge in [0, 0.05) is 41.3 Å². The van der Waals surface area contributed by atoms with Crippen molar-refractivity contribution in [1.29, 1.82) is 0 Å². The number of aryl methyl sites for hydroxylation is 1. The second-order valence-corrected chi connectivity index (χ2v) is 9.04. The number of nitrogens with one attached hydrogen (secondary N) is 2. The third-order valence-corrected chi connectivity index (χ3v) is 6.79. The fourth-order valence-corrected chi connectivity index (χ4v) is 4.75. The van der Waals surface area contributed by atoms with Gasteiger partial charge in [0.05, 0.1) is 24.9 Å². The average Bonchev–Trinajstić information content (AvgIpc) is 3.20. The lowest BCUT2D eigenvalue weighted by molar-refractivity contribution is 0.0334. The number of H-pyrrole nitrogens is 1. The van der Waals surface area contributed by atoms with Gasteiger partial charge in [-0.1, -0.05) is 17.1 Å². The van der Waals surface area contributed by atoms with Crippen molar-refractivity contribution in [3.05, 3.63) is 58.7 Å². The molecule has 1 aliphatic heterocycles. The molecule has 9 heteroatoms. The van der Waals surface area contributed by atoms with Crippen LogP contribution in [-0.4, -0.2) is 49.3 Å². The summed E-state index contributed by atoms with van der Waals surface area (Å²) in [5, 5.41) is 6.14. The van der Waals surface area contributed by atoms with Crippen LogP contribution in [0.1, 0.15) is 33.4 Å². The second kappa shape index (κ2) is 8.12. The van der Waals surface area contributed by atoms with Crippen molar-refractivity contribution in [1.82, 2.24) is 14.9 Å². The van der Waals surface area contributed by atoms with E-state index in [1.165, 1.54) is 6.07 Å². The molecular formula is C24H23BFN4O2P. The normalized spacial score (nSPS) is 15.6. The number of aromatic nitrogens is 2. The molecule has 2 aromatic carbocycles. The molecule has 2 unspecified atom stereocenters. The number of anilines is 1. The highest BCUT2D eigenvalue weighted by atomic mass is 31.0.